The summed E-state index contributed by atoms with van der Waals surface area (Å²) in [6, 6.07) is 30.7. The van der Waals surface area contributed by atoms with Gasteiger partial charge >= 0.3 is 12.2 Å². The van der Waals surface area contributed by atoms with E-state index in [1.54, 1.807) is 17.3 Å². The maximum atomic E-state index is 13.5. The summed E-state index contributed by atoms with van der Waals surface area (Å²) >= 11 is 17.7. The number of rotatable bonds is 15. The van der Waals surface area contributed by atoms with Crippen LogP contribution in [0, 0.1) is 0 Å². The average molecular weight is 1240 g/mol. The molecule has 4 heterocycles. The molecule has 20 nitrogen and oxygen atoms in total. The second kappa shape index (κ2) is 29.2. The number of nitrogen functional groups attached to an aromatic ring is 1. The lowest BCUT2D eigenvalue weighted by atomic mass is 9.90. The summed E-state index contributed by atoms with van der Waals surface area (Å²) in [4.78, 5) is 69.9. The van der Waals surface area contributed by atoms with Crippen LogP contribution in [0.2, 0.25) is 10.0 Å². The zero-order valence-corrected chi connectivity index (χ0v) is 51.8. The van der Waals surface area contributed by atoms with Crippen molar-refractivity contribution in [3.8, 4) is 22.8 Å². The van der Waals surface area contributed by atoms with Crippen molar-refractivity contribution >= 4 is 103 Å². The largest absolute Gasteiger partial charge is 0.444 e. The Morgan fingerprint density at radius 2 is 1.03 bits per heavy atom. The van der Waals surface area contributed by atoms with E-state index in [1.807, 2.05) is 144 Å². The molecule has 4 aromatic heterocycles. The van der Waals surface area contributed by atoms with Crippen LogP contribution in [0.4, 0.5) is 32.9 Å². The normalized spacial score (nSPS) is 16.6. The minimum atomic E-state index is -0.634. The summed E-state index contributed by atoms with van der Waals surface area (Å²) < 4.78 is 11.6. The molecule has 4 aromatic carbocycles. The number of carbonyl (C=O) groups excluding carboxylic acids is 4. The third kappa shape index (κ3) is 18.2. The summed E-state index contributed by atoms with van der Waals surface area (Å²) in [5, 5.41) is 26.9. The fourth-order valence-electron chi connectivity index (χ4n) is 10.2. The number of carbonyl (C=O) groups is 4. The van der Waals surface area contributed by atoms with E-state index in [0.29, 0.717) is 75.6 Å². The first kappa shape index (κ1) is 64.4. The number of fused-ring (bicyclic) bond motifs is 2. The van der Waals surface area contributed by atoms with Crippen LogP contribution >= 0.6 is 34.8 Å². The fourth-order valence-corrected chi connectivity index (χ4v) is 10.6. The molecule has 0 saturated heterocycles. The number of nitrogens with two attached hydrogens (primary N) is 1. The Morgan fingerprint density at radius 3 is 1.44 bits per heavy atom. The van der Waals surface area contributed by atoms with Crippen LogP contribution in [0.25, 0.3) is 44.6 Å². The van der Waals surface area contributed by atoms with Crippen molar-refractivity contribution in [2.45, 2.75) is 141 Å². The third-order valence-corrected chi connectivity index (χ3v) is 14.9. The Kier molecular flexibility index (Phi) is 21.6. The number of benzene rings is 4. The number of halogens is 3. The SMILES string of the molecule is C=CC(=O)Cl.C=CC(=O)Nc1ccc(CN(C(=O)OC(C)(C)C)[C@H]2CCCC(Nc3ncc(Cl)c(-c4n[nH]c5ccccc45)n3)C2)cc1.CC(C)(C)OC(=O)N(Cc1ccc(N)cc1)[C@H]1CCCC(Nc2ncc(Cl)c(-c3n[nH]c4ccccc34)n2)C1. The zero-order chi connectivity index (χ0) is 62.4. The number of nitrogens with zero attached hydrogens (tertiary/aromatic N) is 8. The van der Waals surface area contributed by atoms with Gasteiger partial charge in [-0.15, -0.1) is 0 Å². The number of hydrogen-bond donors (Lipinski definition) is 6. The Bertz CT molecular complexity index is 3700. The molecule has 2 aliphatic carbocycles. The topological polar surface area (TPSA) is 264 Å². The van der Waals surface area contributed by atoms with Gasteiger partial charge in [-0.05, 0) is 164 Å². The highest BCUT2D eigenvalue weighted by atomic mass is 35.5. The number of anilines is 4. The molecular formula is C64H73Cl3N14O6. The number of aromatic nitrogens is 8. The highest BCUT2D eigenvalue weighted by Gasteiger charge is 2.35. The van der Waals surface area contributed by atoms with Crippen LogP contribution in [-0.4, -0.2) is 109 Å². The molecule has 87 heavy (non-hydrogen) atoms. The molecule has 2 fully saturated rings. The standard InChI is InChI=1S/C32H36ClN7O3.C29H34ClN7O2.C3H3ClO/c1-5-27(41)35-21-15-13-20(14-16-21)19-40(31(42)43-32(2,3)4)23-10-8-9-22(17-23)36-30-34-18-25(33)29(37-30)28-24-11-6-7-12-26(24)38-39-28;1-29(2,3)39-28(38)37(17-18-11-13-19(31)14-12-18)21-8-6-7-20(15-21)33-27-32-16-23(30)26(34-27)25-22-9-4-5-10-24(22)35-36-25;1-2-3(4)5/h5-7,11-16,18,22-23H,1,8-10,17,19H2,2-4H3,(H,35,41)(H,38,39)(H,34,36,37);4-5,9-14,16,20-21H,6-8,15,17,31H2,1-3H3,(H,35,36)(H,32,33,34);2H,1H2/t22?,23-;20?,21-;/m00./s1. The summed E-state index contributed by atoms with van der Waals surface area (Å²) in [6.07, 6.45) is 11.6. The number of nitrogens with one attached hydrogen (secondary N) is 5. The van der Waals surface area contributed by atoms with E-state index >= 15 is 0 Å². The number of para-hydroxylation sites is 2. The molecule has 2 unspecified atom stereocenters. The van der Waals surface area contributed by atoms with Crippen molar-refractivity contribution < 1.29 is 28.7 Å². The number of amides is 3. The van der Waals surface area contributed by atoms with Crippen LogP contribution in [0.15, 0.2) is 135 Å². The van der Waals surface area contributed by atoms with Gasteiger partial charge in [0.2, 0.25) is 23.0 Å². The maximum Gasteiger partial charge on any atom is 0.410 e. The lowest BCUT2D eigenvalue weighted by Gasteiger charge is -2.38. The summed E-state index contributed by atoms with van der Waals surface area (Å²) in [7, 11) is 0. The van der Waals surface area contributed by atoms with Gasteiger partial charge in [0.25, 0.3) is 0 Å². The number of H-pyrrole nitrogens is 2. The van der Waals surface area contributed by atoms with Gasteiger partial charge in [-0.3, -0.25) is 19.8 Å². The minimum absolute atomic E-state index is 0.00860. The predicted octanol–water partition coefficient (Wildman–Crippen LogP) is 14.3. The van der Waals surface area contributed by atoms with E-state index in [4.69, 9.17) is 60.0 Å². The second-order valence-electron chi connectivity index (χ2n) is 23.2. The van der Waals surface area contributed by atoms with Gasteiger partial charge in [0.15, 0.2) is 0 Å². The van der Waals surface area contributed by atoms with Crippen LogP contribution in [0.3, 0.4) is 0 Å². The molecule has 8 aromatic rings. The van der Waals surface area contributed by atoms with Gasteiger partial charge in [0.05, 0.1) is 33.5 Å². The predicted molar refractivity (Wildman–Crippen MR) is 344 cm³/mol. The zero-order valence-electron chi connectivity index (χ0n) is 49.6. The van der Waals surface area contributed by atoms with Gasteiger partial charge in [-0.1, -0.05) is 97.0 Å². The number of ether oxygens (including phenoxy) is 2. The molecular weight excluding hydrogens is 1170 g/mol. The molecule has 7 N–H and O–H groups in total. The van der Waals surface area contributed by atoms with E-state index in [1.165, 1.54) is 6.08 Å². The smallest absolute Gasteiger partial charge is 0.410 e. The summed E-state index contributed by atoms with van der Waals surface area (Å²) in [5.74, 6) is 0.658. The Morgan fingerprint density at radius 1 is 0.621 bits per heavy atom. The minimum Gasteiger partial charge on any atom is -0.444 e. The van der Waals surface area contributed by atoms with Crippen LogP contribution in [0.1, 0.15) is 104 Å². The van der Waals surface area contributed by atoms with Crippen LogP contribution < -0.4 is 21.7 Å². The quantitative estimate of drug-likeness (QED) is 0.0317. The summed E-state index contributed by atoms with van der Waals surface area (Å²) in [5.41, 5.74) is 12.2. The van der Waals surface area contributed by atoms with Crippen molar-refractivity contribution in [2.75, 3.05) is 21.7 Å². The van der Waals surface area contributed by atoms with E-state index in [9.17, 15) is 19.2 Å². The van der Waals surface area contributed by atoms with E-state index < -0.39 is 16.4 Å². The molecule has 3 amide bonds. The lowest BCUT2D eigenvalue weighted by molar-refractivity contribution is -0.112. The molecule has 0 spiro atoms. The second-order valence-corrected chi connectivity index (χ2v) is 24.4. The lowest BCUT2D eigenvalue weighted by Crippen LogP contribution is -2.46. The van der Waals surface area contributed by atoms with E-state index in [2.05, 4.69) is 59.5 Å². The van der Waals surface area contributed by atoms with Crippen LogP contribution in [0.5, 0.6) is 0 Å². The first-order valence-electron chi connectivity index (χ1n) is 28.7. The van der Waals surface area contributed by atoms with Gasteiger partial charge in [0.1, 0.15) is 34.0 Å². The first-order chi connectivity index (χ1) is 41.5. The fraction of sp³-hybridized carbons (Fsp3) is 0.344. The molecule has 0 bridgehead atoms. The molecule has 10 rings (SSSR count). The Balaban J connectivity index is 0.000000210. The maximum absolute atomic E-state index is 13.5. The first-order valence-corrected chi connectivity index (χ1v) is 29.8. The van der Waals surface area contributed by atoms with E-state index in [-0.39, 0.29) is 42.3 Å². The molecule has 0 radical (unpaired) electrons. The average Bonchev–Trinajstić information content (AvgIpc) is 1.97. The van der Waals surface area contributed by atoms with Gasteiger partial charge < -0.3 is 41.0 Å². The van der Waals surface area contributed by atoms with Gasteiger partial charge in [-0.2, -0.15) is 10.2 Å². The van der Waals surface area contributed by atoms with Crippen LogP contribution in [-0.2, 0) is 32.2 Å². The molecule has 456 valence electrons. The molecule has 0 aliphatic heterocycles. The molecule has 2 aliphatic rings. The van der Waals surface area contributed by atoms with Crippen molar-refractivity contribution in [1.29, 1.82) is 0 Å². The highest BCUT2D eigenvalue weighted by Crippen LogP contribution is 2.35. The number of hydrogen-bond acceptors (Lipinski definition) is 15. The van der Waals surface area contributed by atoms with Crippen molar-refractivity contribution in [1.82, 2.24) is 50.1 Å². The Labute approximate surface area is 521 Å². The molecule has 23 heteroatoms. The number of aromatic amines is 2. The summed E-state index contributed by atoms with van der Waals surface area (Å²) in [6.45, 7) is 18.6. The Hall–Kier alpha value is -8.59. The van der Waals surface area contributed by atoms with Crippen molar-refractivity contribution in [2.24, 2.45) is 0 Å². The van der Waals surface area contributed by atoms with E-state index in [0.717, 1.165) is 84.0 Å². The highest BCUT2D eigenvalue weighted by molar-refractivity contribution is 6.66. The van der Waals surface area contributed by atoms with Gasteiger partial charge in [-0.25, -0.2) is 29.5 Å². The molecule has 4 atom stereocenters. The van der Waals surface area contributed by atoms with Crippen molar-refractivity contribution in [3.05, 3.63) is 156 Å². The molecule has 2 saturated carbocycles. The van der Waals surface area contributed by atoms with Gasteiger partial charge in [0, 0.05) is 59.4 Å². The number of allylic oxidation sites excluding steroid dienone is 1. The van der Waals surface area contributed by atoms with Crippen molar-refractivity contribution in [3.63, 3.8) is 0 Å². The third-order valence-electron chi connectivity index (χ3n) is 14.2. The monoisotopic (exact) mass is 1240 g/mol.